The Balaban J connectivity index is 2.59. The largest absolute Gasteiger partial charge is 0.324 e. The summed E-state index contributed by atoms with van der Waals surface area (Å²) in [4.78, 5) is 11.0. The van der Waals surface area contributed by atoms with Gasteiger partial charge in [0.05, 0.1) is 0 Å². The molecule has 0 atom stereocenters. The van der Waals surface area contributed by atoms with E-state index in [4.69, 9.17) is 11.5 Å². The van der Waals surface area contributed by atoms with Crippen LogP contribution in [0.2, 0.25) is 0 Å². The van der Waals surface area contributed by atoms with E-state index in [1.807, 2.05) is 18.2 Å². The van der Waals surface area contributed by atoms with Crippen LogP contribution in [0.1, 0.15) is 0 Å². The number of nitrogens with two attached hydrogens (primary N) is 2. The third-order valence-electron chi connectivity index (χ3n) is 1.34. The van der Waals surface area contributed by atoms with Gasteiger partial charge in [0.15, 0.2) is 0 Å². The van der Waals surface area contributed by atoms with E-state index in [2.05, 4.69) is 5.32 Å². The standard InChI is InChI=1S/C8H11N3O/c9-7(10)8(12)11-6-4-2-1-3-5-6/h1-5,7H,9-10H2,(H,11,12). The number of hydrogen-bond acceptors (Lipinski definition) is 3. The van der Waals surface area contributed by atoms with Gasteiger partial charge in [-0.25, -0.2) is 0 Å². The fraction of sp³-hybridized carbons (Fsp3) is 0.125. The zero-order chi connectivity index (χ0) is 8.97. The SMILES string of the molecule is NC(N)C(=O)Nc1ccccc1. The molecule has 12 heavy (non-hydrogen) atoms. The molecule has 4 nitrogen and oxygen atoms in total. The lowest BCUT2D eigenvalue weighted by atomic mass is 10.3. The van der Waals surface area contributed by atoms with Gasteiger partial charge in [-0.3, -0.25) is 4.79 Å². The van der Waals surface area contributed by atoms with Crippen molar-refractivity contribution >= 4 is 11.6 Å². The van der Waals surface area contributed by atoms with Crippen molar-refractivity contribution < 1.29 is 4.79 Å². The molecule has 0 radical (unpaired) electrons. The molecule has 64 valence electrons. The van der Waals surface area contributed by atoms with E-state index in [1.54, 1.807) is 12.1 Å². The summed E-state index contributed by atoms with van der Waals surface area (Å²) < 4.78 is 0. The lowest BCUT2D eigenvalue weighted by Crippen LogP contribution is -2.43. The third-order valence-corrected chi connectivity index (χ3v) is 1.34. The maximum absolute atomic E-state index is 11.0. The number of hydrogen-bond donors (Lipinski definition) is 3. The Bertz CT molecular complexity index is 258. The molecule has 0 saturated heterocycles. The fourth-order valence-corrected chi connectivity index (χ4v) is 0.747. The first-order valence-electron chi connectivity index (χ1n) is 3.57. The van der Waals surface area contributed by atoms with E-state index in [1.165, 1.54) is 0 Å². The molecule has 0 aromatic heterocycles. The normalized spacial score (nSPS) is 9.92. The van der Waals surface area contributed by atoms with Crippen molar-refractivity contribution in [2.45, 2.75) is 6.17 Å². The van der Waals surface area contributed by atoms with Gasteiger partial charge in [-0.2, -0.15) is 0 Å². The van der Waals surface area contributed by atoms with Crippen molar-refractivity contribution in [3.05, 3.63) is 30.3 Å². The monoisotopic (exact) mass is 165 g/mol. The minimum absolute atomic E-state index is 0.388. The highest BCUT2D eigenvalue weighted by Gasteiger charge is 2.06. The minimum Gasteiger partial charge on any atom is -0.324 e. The highest BCUT2D eigenvalue weighted by Crippen LogP contribution is 2.03. The first kappa shape index (κ1) is 8.70. The van der Waals surface area contributed by atoms with Crippen molar-refractivity contribution in [3.63, 3.8) is 0 Å². The van der Waals surface area contributed by atoms with Gasteiger partial charge in [0, 0.05) is 5.69 Å². The predicted molar refractivity (Wildman–Crippen MR) is 47.2 cm³/mol. The van der Waals surface area contributed by atoms with Crippen LogP contribution in [0.15, 0.2) is 30.3 Å². The lowest BCUT2D eigenvalue weighted by molar-refractivity contribution is -0.117. The molecule has 1 aromatic rings. The number of benzene rings is 1. The molecule has 0 aliphatic carbocycles. The molecule has 0 spiro atoms. The molecule has 4 heteroatoms. The van der Waals surface area contributed by atoms with Crippen LogP contribution in [0.5, 0.6) is 0 Å². The number of amides is 1. The van der Waals surface area contributed by atoms with Gasteiger partial charge in [-0.05, 0) is 12.1 Å². The van der Waals surface area contributed by atoms with Gasteiger partial charge in [-0.15, -0.1) is 0 Å². The van der Waals surface area contributed by atoms with Crippen LogP contribution < -0.4 is 16.8 Å². The van der Waals surface area contributed by atoms with Gasteiger partial charge in [0.1, 0.15) is 6.17 Å². The van der Waals surface area contributed by atoms with Crippen LogP contribution in [0.3, 0.4) is 0 Å². The number of carbonyl (C=O) groups excluding carboxylic acids is 1. The van der Waals surface area contributed by atoms with Crippen molar-refractivity contribution in [1.82, 2.24) is 0 Å². The summed E-state index contributed by atoms with van der Waals surface area (Å²) in [6.45, 7) is 0. The molecule has 1 aromatic carbocycles. The molecular weight excluding hydrogens is 154 g/mol. The second-order valence-corrected chi connectivity index (χ2v) is 2.38. The van der Waals surface area contributed by atoms with Crippen LogP contribution >= 0.6 is 0 Å². The first-order valence-corrected chi connectivity index (χ1v) is 3.57. The Labute approximate surface area is 70.6 Å². The smallest absolute Gasteiger partial charge is 0.255 e. The van der Waals surface area contributed by atoms with Gasteiger partial charge in [0.2, 0.25) is 0 Å². The Kier molecular flexibility index (Phi) is 2.79. The lowest BCUT2D eigenvalue weighted by Gasteiger charge is -2.06. The topological polar surface area (TPSA) is 81.1 Å². The highest BCUT2D eigenvalue weighted by molar-refractivity contribution is 5.94. The molecule has 0 aliphatic heterocycles. The number of nitrogens with one attached hydrogen (secondary N) is 1. The molecule has 0 aliphatic rings. The quantitative estimate of drug-likeness (QED) is 0.534. The summed E-state index contributed by atoms with van der Waals surface area (Å²) in [7, 11) is 0. The summed E-state index contributed by atoms with van der Waals surface area (Å²) >= 11 is 0. The van der Waals surface area contributed by atoms with Gasteiger partial charge < -0.3 is 16.8 Å². The van der Waals surface area contributed by atoms with E-state index < -0.39 is 6.17 Å². The van der Waals surface area contributed by atoms with Crippen LogP contribution in [0.4, 0.5) is 5.69 Å². The summed E-state index contributed by atoms with van der Waals surface area (Å²) in [6, 6.07) is 9.02. The van der Waals surface area contributed by atoms with Crippen molar-refractivity contribution in [2.24, 2.45) is 11.5 Å². The van der Waals surface area contributed by atoms with Crippen LogP contribution in [-0.2, 0) is 4.79 Å². The summed E-state index contributed by atoms with van der Waals surface area (Å²) in [5, 5.41) is 2.55. The van der Waals surface area contributed by atoms with Crippen LogP contribution in [-0.4, -0.2) is 12.1 Å². The molecular formula is C8H11N3O. The third kappa shape index (κ3) is 2.34. The highest BCUT2D eigenvalue weighted by atomic mass is 16.2. The number of rotatable bonds is 2. The van der Waals surface area contributed by atoms with Crippen molar-refractivity contribution in [2.75, 3.05) is 5.32 Å². The van der Waals surface area contributed by atoms with Crippen molar-refractivity contribution in [1.29, 1.82) is 0 Å². The molecule has 0 saturated carbocycles. The molecule has 1 amide bonds. The molecule has 0 unspecified atom stereocenters. The summed E-state index contributed by atoms with van der Waals surface area (Å²) in [5.74, 6) is -0.388. The van der Waals surface area contributed by atoms with Gasteiger partial charge >= 0.3 is 0 Å². The summed E-state index contributed by atoms with van der Waals surface area (Å²) in [5.41, 5.74) is 11.0. The maximum Gasteiger partial charge on any atom is 0.255 e. The minimum atomic E-state index is -0.967. The second kappa shape index (κ2) is 3.85. The molecule has 1 rings (SSSR count). The second-order valence-electron chi connectivity index (χ2n) is 2.38. The fourth-order valence-electron chi connectivity index (χ4n) is 0.747. The first-order chi connectivity index (χ1) is 5.70. The molecule has 0 heterocycles. The Hall–Kier alpha value is -1.39. The molecule has 0 fully saturated rings. The number of anilines is 1. The zero-order valence-electron chi connectivity index (χ0n) is 6.53. The Morgan fingerprint density at radius 3 is 2.33 bits per heavy atom. The average Bonchev–Trinajstić information content (AvgIpc) is 2.06. The van der Waals surface area contributed by atoms with E-state index in [0.717, 1.165) is 0 Å². The summed E-state index contributed by atoms with van der Waals surface area (Å²) in [6.07, 6.45) is -0.967. The van der Waals surface area contributed by atoms with Crippen molar-refractivity contribution in [3.8, 4) is 0 Å². The van der Waals surface area contributed by atoms with E-state index >= 15 is 0 Å². The molecule has 0 bridgehead atoms. The van der Waals surface area contributed by atoms with Crippen LogP contribution in [0.25, 0.3) is 0 Å². The number of para-hydroxylation sites is 1. The zero-order valence-corrected chi connectivity index (χ0v) is 6.53. The van der Waals surface area contributed by atoms with E-state index in [0.29, 0.717) is 5.69 Å². The van der Waals surface area contributed by atoms with Crippen LogP contribution in [0, 0.1) is 0 Å². The molecule has 5 N–H and O–H groups in total. The maximum atomic E-state index is 11.0. The number of carbonyl (C=O) groups is 1. The average molecular weight is 165 g/mol. The Morgan fingerprint density at radius 1 is 1.25 bits per heavy atom. The van der Waals surface area contributed by atoms with Gasteiger partial charge in [0.25, 0.3) is 5.91 Å². The Morgan fingerprint density at radius 2 is 1.83 bits per heavy atom. The van der Waals surface area contributed by atoms with E-state index in [9.17, 15) is 4.79 Å². The van der Waals surface area contributed by atoms with E-state index in [-0.39, 0.29) is 5.91 Å². The van der Waals surface area contributed by atoms with Gasteiger partial charge in [-0.1, -0.05) is 18.2 Å². The predicted octanol–water partition coefficient (Wildman–Crippen LogP) is -0.131.